The summed E-state index contributed by atoms with van der Waals surface area (Å²) in [6.07, 6.45) is -0.260. The third kappa shape index (κ3) is 12.2. The van der Waals surface area contributed by atoms with E-state index >= 15 is 0 Å². The van der Waals surface area contributed by atoms with E-state index in [1.165, 1.54) is 24.3 Å². The van der Waals surface area contributed by atoms with Crippen molar-refractivity contribution in [2.24, 2.45) is 5.73 Å². The molecule has 0 aliphatic carbocycles. The summed E-state index contributed by atoms with van der Waals surface area (Å²) in [6.45, 7) is -0.745. The summed E-state index contributed by atoms with van der Waals surface area (Å²) in [6, 6.07) is 4.31. The fourth-order valence-corrected chi connectivity index (χ4v) is 2.60. The molecular formula is C14H20Cl2N2O10S2. The van der Waals surface area contributed by atoms with Crippen LogP contribution in [-0.4, -0.2) is 73.2 Å². The Balaban J connectivity index is 0.00000150. The first-order chi connectivity index (χ1) is 13.6. The highest BCUT2D eigenvalue weighted by atomic mass is 35.5. The van der Waals surface area contributed by atoms with E-state index in [1.807, 2.05) is 0 Å². The zero-order chi connectivity index (χ0) is 23.7. The molecule has 0 fully saturated rings. The van der Waals surface area contributed by atoms with Crippen molar-refractivity contribution in [3.8, 4) is 0 Å². The zero-order valence-electron chi connectivity index (χ0n) is 15.3. The molecule has 0 aliphatic rings. The number of amides is 1. The number of hydrogen-bond donors (Lipinski definition) is 5. The maximum Gasteiger partial charge on any atom is 0.394 e. The molecule has 2 atom stereocenters. The van der Waals surface area contributed by atoms with Crippen LogP contribution in [0.2, 0.25) is 0 Å². The van der Waals surface area contributed by atoms with Crippen molar-refractivity contribution < 1.29 is 45.4 Å². The van der Waals surface area contributed by atoms with Crippen LogP contribution >= 0.6 is 23.2 Å². The Morgan fingerprint density at radius 1 is 1.13 bits per heavy atom. The summed E-state index contributed by atoms with van der Waals surface area (Å²) in [5, 5.41) is 12.8. The molecule has 0 unspecified atom stereocenters. The number of rotatable bonds is 8. The lowest BCUT2D eigenvalue weighted by Gasteiger charge is -2.24. The molecule has 0 aliphatic heterocycles. The third-order valence-corrected chi connectivity index (χ3v) is 4.67. The summed E-state index contributed by atoms with van der Waals surface area (Å²) in [4.78, 5) is 21.5. The molecule has 1 amide bonds. The van der Waals surface area contributed by atoms with Crippen molar-refractivity contribution in [1.82, 2.24) is 5.32 Å². The fourth-order valence-electron chi connectivity index (χ4n) is 1.84. The number of alkyl halides is 2. The second-order valence-electron chi connectivity index (χ2n) is 5.54. The molecule has 1 aromatic rings. The van der Waals surface area contributed by atoms with Crippen molar-refractivity contribution >= 4 is 55.3 Å². The van der Waals surface area contributed by atoms with Crippen LogP contribution in [0, 0.1) is 0 Å². The molecule has 0 spiro atoms. The Morgan fingerprint density at radius 3 is 1.97 bits per heavy atom. The van der Waals surface area contributed by atoms with Crippen LogP contribution in [0.5, 0.6) is 0 Å². The van der Waals surface area contributed by atoms with Gasteiger partial charge in [-0.15, -0.1) is 0 Å². The first-order valence-corrected chi connectivity index (χ1v) is 11.8. The highest BCUT2D eigenvalue weighted by Crippen LogP contribution is 2.20. The number of ether oxygens (including phenoxy) is 1. The number of nitrogens with one attached hydrogen (secondary N) is 1. The van der Waals surface area contributed by atoms with Gasteiger partial charge < -0.3 is 20.9 Å². The number of sulfone groups is 1. The number of halogens is 2. The summed E-state index contributed by atoms with van der Waals surface area (Å²) < 4.78 is 59.3. The van der Waals surface area contributed by atoms with Gasteiger partial charge in [-0.1, -0.05) is 35.3 Å². The Bertz CT molecular complexity index is 913. The lowest BCUT2D eigenvalue weighted by molar-refractivity contribution is -0.144. The molecule has 12 nitrogen and oxygen atoms in total. The van der Waals surface area contributed by atoms with E-state index in [9.17, 15) is 23.1 Å². The van der Waals surface area contributed by atoms with E-state index in [-0.39, 0.29) is 18.0 Å². The second kappa shape index (κ2) is 12.4. The van der Waals surface area contributed by atoms with Crippen molar-refractivity contribution in [2.45, 2.75) is 21.9 Å². The summed E-state index contributed by atoms with van der Waals surface area (Å²) in [5.74, 6) is -1.52. The predicted octanol–water partition coefficient (Wildman–Crippen LogP) is -0.739. The molecule has 1 rings (SSSR count). The molecule has 0 heterocycles. The highest BCUT2D eigenvalue weighted by molar-refractivity contribution is 7.90. The Morgan fingerprint density at radius 2 is 1.60 bits per heavy atom. The van der Waals surface area contributed by atoms with Gasteiger partial charge in [0.2, 0.25) is 0 Å². The maximum atomic E-state index is 11.7. The predicted molar refractivity (Wildman–Crippen MR) is 106 cm³/mol. The standard InChI is InChI=1S/C14H18Cl2N2O6S.H2O4S/c1-25(22,23)9-4-2-8(3-5-9)12(20)10(7-24-11(19)6-17)18-14(21)13(15)16;1-5(2,3)4/h2-5,10,12-13,20H,6-7,17H2,1H3,(H,18,21);(H2,1,2,3,4)/t10-,12-;/m1./s1. The number of aliphatic hydroxyl groups is 1. The average molecular weight is 511 g/mol. The largest absolute Gasteiger partial charge is 0.462 e. The quantitative estimate of drug-likeness (QED) is 0.167. The van der Waals surface area contributed by atoms with Crippen LogP contribution in [-0.2, 0) is 34.6 Å². The van der Waals surface area contributed by atoms with E-state index in [2.05, 4.69) is 5.32 Å². The maximum absolute atomic E-state index is 11.7. The number of carbonyl (C=O) groups excluding carboxylic acids is 2. The van der Waals surface area contributed by atoms with E-state index in [0.717, 1.165) is 6.26 Å². The van der Waals surface area contributed by atoms with Crippen LogP contribution in [0.15, 0.2) is 29.2 Å². The van der Waals surface area contributed by atoms with Crippen molar-refractivity contribution in [3.05, 3.63) is 29.8 Å². The molecule has 6 N–H and O–H groups in total. The molecule has 16 heteroatoms. The van der Waals surface area contributed by atoms with Gasteiger partial charge in [0.25, 0.3) is 5.91 Å². The normalized spacial score (nSPS) is 13.6. The van der Waals surface area contributed by atoms with Gasteiger partial charge in [0.1, 0.15) is 12.7 Å². The molecule has 1 aromatic carbocycles. The van der Waals surface area contributed by atoms with Gasteiger partial charge in [-0.2, -0.15) is 8.42 Å². The molecule has 30 heavy (non-hydrogen) atoms. The van der Waals surface area contributed by atoms with Gasteiger partial charge in [-0.3, -0.25) is 18.7 Å². The van der Waals surface area contributed by atoms with Gasteiger partial charge in [0, 0.05) is 6.26 Å². The Hall–Kier alpha value is -1.52. The van der Waals surface area contributed by atoms with Gasteiger partial charge in [-0.25, -0.2) is 8.42 Å². The smallest absolute Gasteiger partial charge is 0.394 e. The number of hydrogen-bond acceptors (Lipinski definition) is 9. The van der Waals surface area contributed by atoms with Crippen molar-refractivity contribution in [2.75, 3.05) is 19.4 Å². The lowest BCUT2D eigenvalue weighted by atomic mass is 10.0. The lowest BCUT2D eigenvalue weighted by Crippen LogP contribution is -2.45. The van der Waals surface area contributed by atoms with Gasteiger partial charge in [0.05, 0.1) is 17.5 Å². The van der Waals surface area contributed by atoms with E-state index in [0.29, 0.717) is 5.56 Å². The molecular weight excluding hydrogens is 491 g/mol. The van der Waals surface area contributed by atoms with E-state index in [1.54, 1.807) is 0 Å². The van der Waals surface area contributed by atoms with Gasteiger partial charge in [0.15, 0.2) is 14.7 Å². The average Bonchev–Trinajstić information content (AvgIpc) is 2.61. The topological polar surface area (TPSA) is 210 Å². The third-order valence-electron chi connectivity index (χ3n) is 3.15. The first-order valence-electron chi connectivity index (χ1n) is 7.68. The summed E-state index contributed by atoms with van der Waals surface area (Å²) in [7, 11) is -8.06. The summed E-state index contributed by atoms with van der Waals surface area (Å²) >= 11 is 10.9. The number of carbonyl (C=O) groups is 2. The van der Waals surface area contributed by atoms with Gasteiger partial charge in [-0.05, 0) is 17.7 Å². The summed E-state index contributed by atoms with van der Waals surface area (Å²) in [5.41, 5.74) is 5.42. The molecule has 0 aromatic heterocycles. The van der Waals surface area contributed by atoms with Crippen molar-refractivity contribution in [1.29, 1.82) is 0 Å². The molecule has 0 saturated carbocycles. The molecule has 172 valence electrons. The SMILES string of the molecule is CS(=O)(=O)c1ccc([C@@H](O)[C@@H](COC(=O)CN)NC(=O)C(Cl)Cl)cc1.O=S(=O)(O)O. The number of nitrogens with two attached hydrogens (primary N) is 1. The zero-order valence-corrected chi connectivity index (χ0v) is 18.4. The minimum absolute atomic E-state index is 0.0696. The van der Waals surface area contributed by atoms with Crippen LogP contribution in [0.3, 0.4) is 0 Å². The number of aliphatic hydroxyl groups excluding tert-OH is 1. The monoisotopic (exact) mass is 510 g/mol. The van der Waals surface area contributed by atoms with Crippen LogP contribution in [0.25, 0.3) is 0 Å². The Kier molecular flexibility index (Phi) is 11.7. The fraction of sp³-hybridized carbons (Fsp3) is 0.429. The van der Waals surface area contributed by atoms with Crippen molar-refractivity contribution in [3.63, 3.8) is 0 Å². The molecule has 0 bridgehead atoms. The van der Waals surface area contributed by atoms with Crippen LogP contribution in [0.4, 0.5) is 0 Å². The highest BCUT2D eigenvalue weighted by Gasteiger charge is 2.26. The number of benzene rings is 1. The molecule has 0 radical (unpaired) electrons. The minimum Gasteiger partial charge on any atom is -0.462 e. The van der Waals surface area contributed by atoms with E-state index < -0.39 is 49.1 Å². The van der Waals surface area contributed by atoms with Gasteiger partial charge >= 0.3 is 16.4 Å². The van der Waals surface area contributed by atoms with E-state index in [4.69, 9.17) is 51.2 Å². The van der Waals surface area contributed by atoms with Crippen LogP contribution in [0.1, 0.15) is 11.7 Å². The number of esters is 1. The second-order valence-corrected chi connectivity index (χ2v) is 9.54. The molecule has 0 saturated heterocycles. The van der Waals surface area contributed by atoms with Crippen LogP contribution < -0.4 is 11.1 Å². The first kappa shape index (κ1) is 28.5. The Labute approximate surface area is 182 Å². The minimum atomic E-state index is -4.67.